The Morgan fingerprint density at radius 3 is 2.83 bits per heavy atom. The summed E-state index contributed by atoms with van der Waals surface area (Å²) in [5.74, 6) is 0.477. The molecule has 1 heterocycles. The Bertz CT molecular complexity index is 552. The molecule has 3 N–H and O–H groups in total. The van der Waals surface area contributed by atoms with Crippen LogP contribution in [0.25, 0.3) is 0 Å². The Hall–Kier alpha value is -1.94. The lowest BCUT2D eigenvalue weighted by molar-refractivity contribution is 0.0935. The summed E-state index contributed by atoms with van der Waals surface area (Å²) in [5, 5.41) is 3.18. The topological polar surface area (TPSA) is 68.3 Å². The molecule has 18 heavy (non-hydrogen) atoms. The summed E-state index contributed by atoms with van der Waals surface area (Å²) in [7, 11) is 0. The van der Waals surface area contributed by atoms with E-state index in [0.29, 0.717) is 22.0 Å². The number of nitrogen functional groups attached to an aromatic ring is 1. The maximum atomic E-state index is 12.0. The first-order chi connectivity index (χ1) is 8.58. The third kappa shape index (κ3) is 2.65. The minimum absolute atomic E-state index is 0.205. The molecule has 0 bridgehead atoms. The number of nitrogens with two attached hydrogens (primary N) is 1. The van der Waals surface area contributed by atoms with Gasteiger partial charge >= 0.3 is 0 Å². The highest BCUT2D eigenvalue weighted by molar-refractivity contribution is 6.33. The smallest absolute Gasteiger partial charge is 0.251 e. The predicted molar refractivity (Wildman–Crippen MR) is 70.5 cm³/mol. The van der Waals surface area contributed by atoms with Gasteiger partial charge < -0.3 is 15.5 Å². The zero-order valence-corrected chi connectivity index (χ0v) is 10.6. The van der Waals surface area contributed by atoms with E-state index >= 15 is 0 Å². The van der Waals surface area contributed by atoms with E-state index in [1.807, 2.05) is 6.92 Å². The largest absolute Gasteiger partial charge is 0.467 e. The highest BCUT2D eigenvalue weighted by Crippen LogP contribution is 2.20. The third-order valence-electron chi connectivity index (χ3n) is 2.58. The van der Waals surface area contributed by atoms with Gasteiger partial charge in [-0.2, -0.15) is 0 Å². The zero-order chi connectivity index (χ0) is 13.1. The summed E-state index contributed by atoms with van der Waals surface area (Å²) in [6.07, 6.45) is 1.57. The molecule has 0 spiro atoms. The van der Waals surface area contributed by atoms with Crippen molar-refractivity contribution >= 4 is 23.2 Å². The molecule has 1 aromatic heterocycles. The second-order valence-corrected chi connectivity index (χ2v) is 4.35. The molecule has 2 aromatic rings. The SMILES string of the molecule is CC(NC(=O)c1ccc(N)c(Cl)c1)c1ccco1. The molecular weight excluding hydrogens is 252 g/mol. The van der Waals surface area contributed by atoms with Gasteiger partial charge in [-0.05, 0) is 37.3 Å². The first-order valence-electron chi connectivity index (χ1n) is 5.47. The molecule has 1 amide bonds. The lowest BCUT2D eigenvalue weighted by Gasteiger charge is -2.11. The Morgan fingerprint density at radius 1 is 1.44 bits per heavy atom. The molecule has 0 saturated carbocycles. The number of hydrogen-bond acceptors (Lipinski definition) is 3. The number of furan rings is 1. The van der Waals surface area contributed by atoms with Crippen LogP contribution in [0.15, 0.2) is 41.0 Å². The number of carbonyl (C=O) groups excluding carboxylic acids is 1. The minimum atomic E-state index is -0.221. The lowest BCUT2D eigenvalue weighted by atomic mass is 10.1. The van der Waals surface area contributed by atoms with E-state index in [0.717, 1.165) is 0 Å². The number of anilines is 1. The van der Waals surface area contributed by atoms with Crippen molar-refractivity contribution in [2.24, 2.45) is 0 Å². The first-order valence-corrected chi connectivity index (χ1v) is 5.85. The van der Waals surface area contributed by atoms with E-state index in [4.69, 9.17) is 21.8 Å². The van der Waals surface area contributed by atoms with Crippen molar-refractivity contribution in [2.75, 3.05) is 5.73 Å². The van der Waals surface area contributed by atoms with E-state index in [1.165, 1.54) is 0 Å². The number of hydrogen-bond donors (Lipinski definition) is 2. The average molecular weight is 265 g/mol. The number of carbonyl (C=O) groups is 1. The van der Waals surface area contributed by atoms with Gasteiger partial charge in [-0.25, -0.2) is 0 Å². The summed E-state index contributed by atoms with van der Waals surface area (Å²) in [6.45, 7) is 1.84. The van der Waals surface area contributed by atoms with E-state index in [1.54, 1.807) is 36.6 Å². The fourth-order valence-electron chi connectivity index (χ4n) is 1.56. The van der Waals surface area contributed by atoms with Crippen LogP contribution in [0.2, 0.25) is 5.02 Å². The average Bonchev–Trinajstić information content (AvgIpc) is 2.86. The molecule has 1 atom stereocenters. The second-order valence-electron chi connectivity index (χ2n) is 3.95. The van der Waals surface area contributed by atoms with Gasteiger partial charge in [-0.15, -0.1) is 0 Å². The van der Waals surface area contributed by atoms with Crippen LogP contribution in [0.3, 0.4) is 0 Å². The molecule has 94 valence electrons. The van der Waals surface area contributed by atoms with Gasteiger partial charge in [0.25, 0.3) is 5.91 Å². The van der Waals surface area contributed by atoms with Crippen LogP contribution in [0.4, 0.5) is 5.69 Å². The molecular formula is C13H13ClN2O2. The van der Waals surface area contributed by atoms with E-state index in [-0.39, 0.29) is 11.9 Å². The van der Waals surface area contributed by atoms with Gasteiger partial charge in [0, 0.05) is 5.56 Å². The van der Waals surface area contributed by atoms with Gasteiger partial charge in [-0.1, -0.05) is 11.6 Å². The van der Waals surface area contributed by atoms with Crippen molar-refractivity contribution in [1.82, 2.24) is 5.32 Å². The van der Waals surface area contributed by atoms with E-state index in [9.17, 15) is 4.79 Å². The summed E-state index contributed by atoms with van der Waals surface area (Å²) in [4.78, 5) is 12.0. The van der Waals surface area contributed by atoms with Crippen molar-refractivity contribution < 1.29 is 9.21 Å². The van der Waals surface area contributed by atoms with Crippen molar-refractivity contribution in [3.63, 3.8) is 0 Å². The molecule has 0 aliphatic rings. The number of nitrogens with one attached hydrogen (secondary N) is 1. The maximum Gasteiger partial charge on any atom is 0.251 e. The first kappa shape index (κ1) is 12.5. The normalized spacial score (nSPS) is 12.1. The van der Waals surface area contributed by atoms with Crippen LogP contribution in [0.1, 0.15) is 29.1 Å². The number of benzene rings is 1. The highest BCUT2D eigenvalue weighted by Gasteiger charge is 2.13. The fourth-order valence-corrected chi connectivity index (χ4v) is 1.74. The van der Waals surface area contributed by atoms with Gasteiger partial charge in [-0.3, -0.25) is 4.79 Å². The maximum absolute atomic E-state index is 12.0. The van der Waals surface area contributed by atoms with Crippen LogP contribution in [-0.4, -0.2) is 5.91 Å². The molecule has 2 rings (SSSR count). The lowest BCUT2D eigenvalue weighted by Crippen LogP contribution is -2.26. The number of halogens is 1. The summed E-state index contributed by atoms with van der Waals surface area (Å²) >= 11 is 5.87. The molecule has 0 radical (unpaired) electrons. The molecule has 4 nitrogen and oxygen atoms in total. The van der Waals surface area contributed by atoms with Crippen molar-refractivity contribution in [1.29, 1.82) is 0 Å². The van der Waals surface area contributed by atoms with Gasteiger partial charge in [0.1, 0.15) is 5.76 Å². The Balaban J connectivity index is 2.10. The molecule has 0 aliphatic carbocycles. The van der Waals surface area contributed by atoms with Gasteiger partial charge in [0.2, 0.25) is 0 Å². The number of amides is 1. The molecule has 1 unspecified atom stereocenters. The Kier molecular flexibility index (Phi) is 3.58. The molecule has 5 heteroatoms. The molecule has 0 fully saturated rings. The molecule has 0 aliphatic heterocycles. The van der Waals surface area contributed by atoms with E-state index < -0.39 is 0 Å². The van der Waals surface area contributed by atoms with Crippen molar-refractivity contribution in [3.05, 3.63) is 52.9 Å². The zero-order valence-electron chi connectivity index (χ0n) is 9.81. The highest BCUT2D eigenvalue weighted by atomic mass is 35.5. The summed E-state index contributed by atoms with van der Waals surface area (Å²) < 4.78 is 5.21. The van der Waals surface area contributed by atoms with Crippen LogP contribution in [0, 0.1) is 0 Å². The predicted octanol–water partition coefficient (Wildman–Crippen LogP) is 3.01. The van der Waals surface area contributed by atoms with E-state index in [2.05, 4.69) is 5.32 Å². The van der Waals surface area contributed by atoms with Crippen molar-refractivity contribution in [3.8, 4) is 0 Å². The summed E-state index contributed by atoms with van der Waals surface area (Å²) in [6, 6.07) is 8.16. The van der Waals surface area contributed by atoms with Gasteiger partial charge in [0.15, 0.2) is 0 Å². The monoisotopic (exact) mass is 264 g/mol. The van der Waals surface area contributed by atoms with Crippen LogP contribution in [0.5, 0.6) is 0 Å². The Labute approximate surface area is 110 Å². The van der Waals surface area contributed by atoms with Crippen LogP contribution >= 0.6 is 11.6 Å². The molecule has 1 aromatic carbocycles. The van der Waals surface area contributed by atoms with Crippen LogP contribution < -0.4 is 11.1 Å². The minimum Gasteiger partial charge on any atom is -0.467 e. The number of rotatable bonds is 3. The van der Waals surface area contributed by atoms with Crippen LogP contribution in [-0.2, 0) is 0 Å². The summed E-state index contributed by atoms with van der Waals surface area (Å²) in [5.41, 5.74) is 6.51. The fraction of sp³-hybridized carbons (Fsp3) is 0.154. The Morgan fingerprint density at radius 2 is 2.22 bits per heavy atom. The van der Waals surface area contributed by atoms with Crippen molar-refractivity contribution in [2.45, 2.75) is 13.0 Å². The second kappa shape index (κ2) is 5.14. The molecule has 0 saturated heterocycles. The van der Waals surface area contributed by atoms with Gasteiger partial charge in [0.05, 0.1) is 23.0 Å². The standard InChI is InChI=1S/C13H13ClN2O2/c1-8(12-3-2-6-18-12)16-13(17)9-4-5-11(15)10(14)7-9/h2-8H,15H2,1H3,(H,16,17). The third-order valence-corrected chi connectivity index (χ3v) is 2.91. The quantitative estimate of drug-likeness (QED) is 0.838.